The standard InChI is InChI=1S/C17H18F4N4O/c1-22-16(25-10-13-4-2-3-5-14(13)18)24-9-12-6-7-23-15(8-12)26-11-17(19,20)21/h2-8H,9-11H2,1H3,(H2,22,24,25). The second-order valence-electron chi connectivity index (χ2n) is 5.28. The average Bonchev–Trinajstić information content (AvgIpc) is 2.61. The summed E-state index contributed by atoms with van der Waals surface area (Å²) in [6, 6.07) is 9.40. The fraction of sp³-hybridized carbons (Fsp3) is 0.294. The first-order valence-electron chi connectivity index (χ1n) is 7.70. The van der Waals surface area contributed by atoms with Crippen molar-refractivity contribution in [2.45, 2.75) is 19.3 Å². The van der Waals surface area contributed by atoms with E-state index < -0.39 is 12.8 Å². The summed E-state index contributed by atoms with van der Waals surface area (Å²) < 4.78 is 54.7. The minimum absolute atomic E-state index is 0.115. The van der Waals surface area contributed by atoms with Crippen molar-refractivity contribution in [3.05, 3.63) is 59.5 Å². The highest BCUT2D eigenvalue weighted by molar-refractivity contribution is 5.79. The molecule has 1 heterocycles. The monoisotopic (exact) mass is 370 g/mol. The van der Waals surface area contributed by atoms with Crippen LogP contribution in [-0.2, 0) is 13.1 Å². The number of hydrogen-bond donors (Lipinski definition) is 2. The molecular weight excluding hydrogens is 352 g/mol. The normalized spacial score (nSPS) is 12.0. The Bertz CT molecular complexity index is 750. The number of nitrogens with zero attached hydrogens (tertiary/aromatic N) is 2. The molecule has 0 radical (unpaired) electrons. The fourth-order valence-electron chi connectivity index (χ4n) is 2.02. The largest absolute Gasteiger partial charge is 0.468 e. The van der Waals surface area contributed by atoms with E-state index in [2.05, 4.69) is 25.3 Å². The molecule has 1 aromatic carbocycles. The van der Waals surface area contributed by atoms with Gasteiger partial charge in [-0.05, 0) is 17.7 Å². The molecule has 5 nitrogen and oxygen atoms in total. The van der Waals surface area contributed by atoms with E-state index in [1.807, 2.05) is 0 Å². The highest BCUT2D eigenvalue weighted by Crippen LogP contribution is 2.17. The molecule has 0 aliphatic carbocycles. The van der Waals surface area contributed by atoms with Gasteiger partial charge >= 0.3 is 6.18 Å². The molecule has 140 valence electrons. The van der Waals surface area contributed by atoms with Crippen LogP contribution in [0.5, 0.6) is 5.88 Å². The van der Waals surface area contributed by atoms with Gasteiger partial charge in [-0.1, -0.05) is 18.2 Å². The van der Waals surface area contributed by atoms with Crippen LogP contribution in [0.25, 0.3) is 0 Å². The first-order chi connectivity index (χ1) is 12.4. The maximum Gasteiger partial charge on any atom is 0.422 e. The van der Waals surface area contributed by atoms with E-state index in [9.17, 15) is 17.6 Å². The van der Waals surface area contributed by atoms with Gasteiger partial charge in [0.2, 0.25) is 5.88 Å². The molecule has 0 atom stereocenters. The van der Waals surface area contributed by atoms with Crippen molar-refractivity contribution in [2.75, 3.05) is 13.7 Å². The minimum atomic E-state index is -4.42. The van der Waals surface area contributed by atoms with Crippen LogP contribution in [0.3, 0.4) is 0 Å². The molecule has 0 bridgehead atoms. The second kappa shape index (κ2) is 9.02. The summed E-state index contributed by atoms with van der Waals surface area (Å²) >= 11 is 0. The number of guanidine groups is 1. The first-order valence-corrected chi connectivity index (χ1v) is 7.70. The third-order valence-corrected chi connectivity index (χ3v) is 3.27. The van der Waals surface area contributed by atoms with Gasteiger partial charge in [-0.25, -0.2) is 9.37 Å². The molecular formula is C17H18F4N4O. The van der Waals surface area contributed by atoms with Crippen molar-refractivity contribution in [3.8, 4) is 5.88 Å². The Morgan fingerprint density at radius 2 is 1.88 bits per heavy atom. The number of rotatable bonds is 6. The smallest absolute Gasteiger partial charge is 0.422 e. The van der Waals surface area contributed by atoms with E-state index in [0.29, 0.717) is 17.1 Å². The molecule has 0 aliphatic rings. The molecule has 2 N–H and O–H groups in total. The number of aliphatic imine (C=N–C) groups is 1. The first kappa shape index (κ1) is 19.5. The van der Waals surface area contributed by atoms with Crippen LogP contribution in [0.4, 0.5) is 17.6 Å². The van der Waals surface area contributed by atoms with Crippen molar-refractivity contribution in [3.63, 3.8) is 0 Å². The molecule has 9 heteroatoms. The van der Waals surface area contributed by atoms with Gasteiger partial charge in [0, 0.05) is 38.0 Å². The van der Waals surface area contributed by atoms with Gasteiger partial charge < -0.3 is 15.4 Å². The summed E-state index contributed by atoms with van der Waals surface area (Å²) in [6.45, 7) is -0.882. The van der Waals surface area contributed by atoms with Gasteiger partial charge in [0.15, 0.2) is 12.6 Å². The number of alkyl halides is 3. The molecule has 26 heavy (non-hydrogen) atoms. The lowest BCUT2D eigenvalue weighted by Gasteiger charge is -2.13. The fourth-order valence-corrected chi connectivity index (χ4v) is 2.02. The molecule has 0 aliphatic heterocycles. The number of hydrogen-bond acceptors (Lipinski definition) is 3. The summed E-state index contributed by atoms with van der Waals surface area (Å²) in [7, 11) is 1.56. The molecule has 0 spiro atoms. The quantitative estimate of drug-likeness (QED) is 0.466. The third-order valence-electron chi connectivity index (χ3n) is 3.27. The van der Waals surface area contributed by atoms with Gasteiger partial charge in [-0.15, -0.1) is 0 Å². The molecule has 0 saturated carbocycles. The molecule has 0 saturated heterocycles. The summed E-state index contributed by atoms with van der Waals surface area (Å²) in [6.07, 6.45) is -3.06. The predicted octanol–water partition coefficient (Wildman–Crippen LogP) is 3.03. The Morgan fingerprint density at radius 1 is 1.15 bits per heavy atom. The average molecular weight is 370 g/mol. The highest BCUT2D eigenvalue weighted by atomic mass is 19.4. The minimum Gasteiger partial charge on any atom is -0.468 e. The Balaban J connectivity index is 1.87. The third kappa shape index (κ3) is 6.58. The van der Waals surface area contributed by atoms with Crippen LogP contribution in [0.2, 0.25) is 0 Å². The summed E-state index contributed by atoms with van der Waals surface area (Å²) in [5.74, 6) is -0.0187. The van der Waals surface area contributed by atoms with Crippen molar-refractivity contribution >= 4 is 5.96 Å². The second-order valence-corrected chi connectivity index (χ2v) is 5.28. The molecule has 1 aromatic heterocycles. The summed E-state index contributed by atoms with van der Waals surface area (Å²) in [5, 5.41) is 5.95. The van der Waals surface area contributed by atoms with Crippen molar-refractivity contribution in [1.29, 1.82) is 0 Å². The predicted molar refractivity (Wildman–Crippen MR) is 89.2 cm³/mol. The molecule has 0 unspecified atom stereocenters. The van der Waals surface area contributed by atoms with E-state index in [4.69, 9.17) is 0 Å². The van der Waals surface area contributed by atoms with Gasteiger partial charge in [0.1, 0.15) is 5.82 Å². The molecule has 2 aromatic rings. The van der Waals surface area contributed by atoms with E-state index in [-0.39, 0.29) is 24.8 Å². The number of halogens is 4. The van der Waals surface area contributed by atoms with Crippen molar-refractivity contribution < 1.29 is 22.3 Å². The van der Waals surface area contributed by atoms with E-state index in [1.165, 1.54) is 18.3 Å². The number of ether oxygens (including phenoxy) is 1. The number of benzene rings is 1. The van der Waals surface area contributed by atoms with Crippen LogP contribution in [0.1, 0.15) is 11.1 Å². The van der Waals surface area contributed by atoms with Gasteiger partial charge in [-0.2, -0.15) is 13.2 Å². The Kier molecular flexibility index (Phi) is 6.76. The van der Waals surface area contributed by atoms with Crippen molar-refractivity contribution in [2.24, 2.45) is 4.99 Å². The van der Waals surface area contributed by atoms with Crippen LogP contribution < -0.4 is 15.4 Å². The van der Waals surface area contributed by atoms with Crippen LogP contribution in [0, 0.1) is 5.82 Å². The Labute approximate surface area is 148 Å². The SMILES string of the molecule is CN=C(NCc1ccnc(OCC(F)(F)F)c1)NCc1ccccc1F. The van der Waals surface area contributed by atoms with Crippen LogP contribution in [0.15, 0.2) is 47.6 Å². The Hall–Kier alpha value is -2.84. The summed E-state index contributed by atoms with van der Waals surface area (Å²) in [4.78, 5) is 7.75. The highest BCUT2D eigenvalue weighted by Gasteiger charge is 2.28. The topological polar surface area (TPSA) is 58.5 Å². The lowest BCUT2D eigenvalue weighted by molar-refractivity contribution is -0.154. The van der Waals surface area contributed by atoms with E-state index in [0.717, 1.165) is 0 Å². The maximum atomic E-state index is 13.6. The van der Waals surface area contributed by atoms with E-state index >= 15 is 0 Å². The Morgan fingerprint density at radius 3 is 2.58 bits per heavy atom. The number of pyridine rings is 1. The summed E-state index contributed by atoms with van der Waals surface area (Å²) in [5.41, 5.74) is 1.15. The van der Waals surface area contributed by atoms with E-state index in [1.54, 1.807) is 31.3 Å². The zero-order valence-corrected chi connectivity index (χ0v) is 14.0. The molecule has 0 amide bonds. The maximum absolute atomic E-state index is 13.6. The molecule has 2 rings (SSSR count). The van der Waals surface area contributed by atoms with Gasteiger partial charge in [-0.3, -0.25) is 4.99 Å². The van der Waals surface area contributed by atoms with Gasteiger partial charge in [0.05, 0.1) is 0 Å². The van der Waals surface area contributed by atoms with Crippen molar-refractivity contribution in [1.82, 2.24) is 15.6 Å². The van der Waals surface area contributed by atoms with Crippen LogP contribution in [-0.4, -0.2) is 30.8 Å². The number of nitrogens with one attached hydrogen (secondary N) is 2. The van der Waals surface area contributed by atoms with Gasteiger partial charge in [0.25, 0.3) is 0 Å². The zero-order valence-electron chi connectivity index (χ0n) is 14.0. The zero-order chi connectivity index (χ0) is 19.0. The number of aromatic nitrogens is 1. The molecule has 0 fully saturated rings. The lowest BCUT2D eigenvalue weighted by atomic mass is 10.2. The van der Waals surface area contributed by atoms with Crippen LogP contribution >= 0.6 is 0 Å². The lowest BCUT2D eigenvalue weighted by Crippen LogP contribution is -2.36.